The summed E-state index contributed by atoms with van der Waals surface area (Å²) < 4.78 is 46.6. The van der Waals surface area contributed by atoms with E-state index in [2.05, 4.69) is 15.0 Å². The van der Waals surface area contributed by atoms with Crippen molar-refractivity contribution in [1.29, 1.82) is 0 Å². The number of halogens is 1. The zero-order chi connectivity index (χ0) is 20.1. The number of pyridine rings is 1. The van der Waals surface area contributed by atoms with E-state index in [1.54, 1.807) is 18.2 Å². The third-order valence-electron chi connectivity index (χ3n) is 3.73. The Hall–Kier alpha value is -3.46. The molecule has 2 aromatic carbocycles. The SMILES string of the molecule is COc1ccccc1S(=O)(=O)Nc1cc(F)ccc1NC(=O)c1ccccn1. The molecule has 0 bridgehead atoms. The number of nitrogens with one attached hydrogen (secondary N) is 2. The van der Waals surface area contributed by atoms with E-state index in [1.807, 2.05) is 0 Å². The largest absolute Gasteiger partial charge is 0.495 e. The molecule has 0 aliphatic rings. The normalized spacial score (nSPS) is 10.9. The van der Waals surface area contributed by atoms with E-state index in [-0.39, 0.29) is 27.7 Å². The zero-order valence-corrected chi connectivity index (χ0v) is 15.5. The minimum absolute atomic E-state index is 0.0792. The van der Waals surface area contributed by atoms with Crippen LogP contribution in [0.3, 0.4) is 0 Å². The number of carbonyl (C=O) groups excluding carboxylic acids is 1. The van der Waals surface area contributed by atoms with Crippen LogP contribution in [0.2, 0.25) is 0 Å². The first-order valence-electron chi connectivity index (χ1n) is 8.08. The number of ether oxygens (including phenoxy) is 1. The molecule has 0 spiro atoms. The van der Waals surface area contributed by atoms with Crippen molar-refractivity contribution in [2.24, 2.45) is 0 Å². The summed E-state index contributed by atoms with van der Waals surface area (Å²) in [5.41, 5.74) is 0.0797. The van der Waals surface area contributed by atoms with Gasteiger partial charge in [0.05, 0.1) is 18.5 Å². The number of benzene rings is 2. The number of para-hydroxylation sites is 1. The van der Waals surface area contributed by atoms with Crippen LogP contribution >= 0.6 is 0 Å². The average Bonchev–Trinajstić information content (AvgIpc) is 2.70. The van der Waals surface area contributed by atoms with Gasteiger partial charge in [0.25, 0.3) is 15.9 Å². The summed E-state index contributed by atoms with van der Waals surface area (Å²) in [5, 5.41) is 2.53. The molecule has 9 heteroatoms. The van der Waals surface area contributed by atoms with E-state index in [9.17, 15) is 17.6 Å². The second kappa shape index (κ2) is 8.05. The van der Waals surface area contributed by atoms with E-state index in [0.29, 0.717) is 0 Å². The number of carbonyl (C=O) groups is 1. The first-order chi connectivity index (χ1) is 13.4. The molecule has 0 radical (unpaired) electrons. The number of amides is 1. The quantitative estimate of drug-likeness (QED) is 0.661. The van der Waals surface area contributed by atoms with Crippen LogP contribution < -0.4 is 14.8 Å². The Bertz CT molecular complexity index is 1110. The van der Waals surface area contributed by atoms with Crippen molar-refractivity contribution in [1.82, 2.24) is 4.98 Å². The Kier molecular flexibility index (Phi) is 5.55. The summed E-state index contributed by atoms with van der Waals surface area (Å²) >= 11 is 0. The van der Waals surface area contributed by atoms with Crippen LogP contribution in [0.5, 0.6) is 5.75 Å². The molecule has 144 valence electrons. The Morgan fingerprint density at radius 1 is 1.04 bits per heavy atom. The van der Waals surface area contributed by atoms with Gasteiger partial charge in [-0.15, -0.1) is 0 Å². The highest BCUT2D eigenvalue weighted by Crippen LogP contribution is 2.29. The van der Waals surface area contributed by atoms with Crippen molar-refractivity contribution in [3.05, 3.63) is 78.4 Å². The van der Waals surface area contributed by atoms with E-state index >= 15 is 0 Å². The van der Waals surface area contributed by atoms with Gasteiger partial charge >= 0.3 is 0 Å². The lowest BCUT2D eigenvalue weighted by Crippen LogP contribution is -2.18. The Labute approximate surface area is 161 Å². The van der Waals surface area contributed by atoms with Crippen molar-refractivity contribution in [2.45, 2.75) is 4.90 Å². The molecule has 0 saturated carbocycles. The number of sulfonamides is 1. The van der Waals surface area contributed by atoms with Gasteiger partial charge in [0.1, 0.15) is 22.2 Å². The van der Waals surface area contributed by atoms with Crippen LogP contribution in [0.15, 0.2) is 71.8 Å². The fourth-order valence-electron chi connectivity index (χ4n) is 2.43. The fourth-order valence-corrected chi connectivity index (χ4v) is 3.68. The van der Waals surface area contributed by atoms with Crippen LogP contribution in [0.1, 0.15) is 10.5 Å². The third kappa shape index (κ3) is 4.26. The maximum atomic E-state index is 13.7. The maximum Gasteiger partial charge on any atom is 0.274 e. The van der Waals surface area contributed by atoms with Crippen LogP contribution in [0.4, 0.5) is 15.8 Å². The van der Waals surface area contributed by atoms with Gasteiger partial charge in [-0.1, -0.05) is 18.2 Å². The molecule has 28 heavy (non-hydrogen) atoms. The number of aromatic nitrogens is 1. The van der Waals surface area contributed by atoms with Crippen molar-refractivity contribution in [3.63, 3.8) is 0 Å². The van der Waals surface area contributed by atoms with Crippen molar-refractivity contribution >= 4 is 27.3 Å². The minimum Gasteiger partial charge on any atom is -0.495 e. The first kappa shape index (κ1) is 19.3. The average molecular weight is 401 g/mol. The van der Waals surface area contributed by atoms with Crippen LogP contribution in [-0.2, 0) is 10.0 Å². The predicted octanol–water partition coefficient (Wildman–Crippen LogP) is 3.28. The van der Waals surface area contributed by atoms with E-state index < -0.39 is 21.7 Å². The smallest absolute Gasteiger partial charge is 0.274 e. The van der Waals surface area contributed by atoms with E-state index in [4.69, 9.17) is 4.74 Å². The van der Waals surface area contributed by atoms with Gasteiger partial charge in [-0.2, -0.15) is 0 Å². The fraction of sp³-hybridized carbons (Fsp3) is 0.0526. The standard InChI is InChI=1S/C19H16FN3O4S/c1-27-17-7-2-3-8-18(17)28(25,26)23-16-12-13(20)9-10-14(16)22-19(24)15-6-4-5-11-21-15/h2-12,23H,1H3,(H,22,24). The van der Waals surface area contributed by atoms with Crippen molar-refractivity contribution in [2.75, 3.05) is 17.1 Å². The molecule has 0 saturated heterocycles. The lowest BCUT2D eigenvalue weighted by molar-refractivity contribution is 0.102. The van der Waals surface area contributed by atoms with Crippen molar-refractivity contribution in [3.8, 4) is 5.75 Å². The summed E-state index contributed by atoms with van der Waals surface area (Å²) in [6.07, 6.45) is 1.45. The highest BCUT2D eigenvalue weighted by molar-refractivity contribution is 7.92. The van der Waals surface area contributed by atoms with Gasteiger partial charge < -0.3 is 10.1 Å². The molecule has 1 aromatic heterocycles. The summed E-state index contributed by atoms with van der Waals surface area (Å²) in [6.45, 7) is 0. The van der Waals surface area contributed by atoms with Gasteiger partial charge in [0, 0.05) is 12.3 Å². The Morgan fingerprint density at radius 2 is 1.79 bits per heavy atom. The maximum absolute atomic E-state index is 13.7. The Balaban J connectivity index is 1.94. The predicted molar refractivity (Wildman–Crippen MR) is 102 cm³/mol. The molecule has 3 aromatic rings. The molecule has 0 unspecified atom stereocenters. The molecule has 0 aliphatic carbocycles. The Morgan fingerprint density at radius 3 is 2.50 bits per heavy atom. The number of hydrogen-bond acceptors (Lipinski definition) is 5. The summed E-state index contributed by atoms with van der Waals surface area (Å²) in [7, 11) is -2.76. The summed E-state index contributed by atoms with van der Waals surface area (Å²) in [6, 6.07) is 14.1. The lowest BCUT2D eigenvalue weighted by atomic mass is 10.2. The number of rotatable bonds is 6. The van der Waals surface area contributed by atoms with Gasteiger partial charge in [0.15, 0.2) is 0 Å². The number of nitrogens with zero attached hydrogens (tertiary/aromatic N) is 1. The minimum atomic E-state index is -4.10. The zero-order valence-electron chi connectivity index (χ0n) is 14.7. The molecular formula is C19H16FN3O4S. The summed E-state index contributed by atoms with van der Waals surface area (Å²) in [4.78, 5) is 16.1. The number of methoxy groups -OCH3 is 1. The molecule has 2 N–H and O–H groups in total. The van der Waals surface area contributed by atoms with Crippen molar-refractivity contribution < 1.29 is 22.3 Å². The topological polar surface area (TPSA) is 97.4 Å². The van der Waals surface area contributed by atoms with Gasteiger partial charge in [-0.3, -0.25) is 14.5 Å². The third-order valence-corrected chi connectivity index (χ3v) is 5.14. The van der Waals surface area contributed by atoms with Gasteiger partial charge in [-0.05, 0) is 36.4 Å². The molecule has 0 aliphatic heterocycles. The van der Waals surface area contributed by atoms with Crippen LogP contribution in [0, 0.1) is 5.82 Å². The molecule has 1 heterocycles. The van der Waals surface area contributed by atoms with E-state index in [1.165, 1.54) is 43.6 Å². The monoisotopic (exact) mass is 401 g/mol. The molecule has 1 amide bonds. The first-order valence-corrected chi connectivity index (χ1v) is 9.57. The highest BCUT2D eigenvalue weighted by atomic mass is 32.2. The van der Waals surface area contributed by atoms with E-state index in [0.717, 1.165) is 12.1 Å². The molecule has 7 nitrogen and oxygen atoms in total. The lowest BCUT2D eigenvalue weighted by Gasteiger charge is -2.15. The molecule has 0 fully saturated rings. The number of anilines is 2. The molecular weight excluding hydrogens is 385 g/mol. The summed E-state index contributed by atoms with van der Waals surface area (Å²) in [5.74, 6) is -1.11. The highest BCUT2D eigenvalue weighted by Gasteiger charge is 2.21. The van der Waals surface area contributed by atoms with Gasteiger partial charge in [0.2, 0.25) is 0 Å². The molecule has 3 rings (SSSR count). The second-order valence-electron chi connectivity index (χ2n) is 5.62. The second-order valence-corrected chi connectivity index (χ2v) is 7.27. The van der Waals surface area contributed by atoms with Crippen LogP contribution in [-0.4, -0.2) is 26.4 Å². The molecule has 0 atom stereocenters. The van der Waals surface area contributed by atoms with Crippen LogP contribution in [0.25, 0.3) is 0 Å². The van der Waals surface area contributed by atoms with Gasteiger partial charge in [-0.25, -0.2) is 12.8 Å². The number of hydrogen-bond donors (Lipinski definition) is 2.